The number of rotatable bonds is 7. The van der Waals surface area contributed by atoms with Gasteiger partial charge in [0.2, 0.25) is 0 Å². The van der Waals surface area contributed by atoms with Gasteiger partial charge in [-0.25, -0.2) is 8.78 Å². The fourth-order valence-electron chi connectivity index (χ4n) is 7.85. The van der Waals surface area contributed by atoms with Crippen LogP contribution in [0.25, 0.3) is 28.0 Å². The normalized spacial score (nSPS) is 17.1. The first-order valence-corrected chi connectivity index (χ1v) is 18.4. The Morgan fingerprint density at radius 3 is 1.96 bits per heavy atom. The smallest absolute Gasteiger partial charge is 0.178 e. The van der Waals surface area contributed by atoms with E-state index in [0.717, 1.165) is 67.0 Å². The molecule has 0 saturated heterocycles. The van der Waals surface area contributed by atoms with Gasteiger partial charge in [-0.2, -0.15) is 0 Å². The molecule has 0 aromatic heterocycles. The zero-order valence-corrected chi connectivity index (χ0v) is 28.7. The van der Waals surface area contributed by atoms with Crippen LogP contribution in [0.1, 0.15) is 54.5 Å². The minimum atomic E-state index is -0.966. The summed E-state index contributed by atoms with van der Waals surface area (Å²) in [5.74, 6) is 0.0852. The molecule has 1 aliphatic carbocycles. The van der Waals surface area contributed by atoms with Crippen LogP contribution in [0.5, 0.6) is 5.75 Å². The van der Waals surface area contributed by atoms with Crippen LogP contribution in [-0.4, -0.2) is 6.26 Å². The number of hydrogen-bond donors (Lipinski definition) is 0. The van der Waals surface area contributed by atoms with Crippen LogP contribution in [0, 0.1) is 11.6 Å². The Bertz CT molecular complexity index is 2200. The molecule has 0 N–H and O–H groups in total. The maximum atomic E-state index is 15.2. The molecule has 5 heteroatoms. The summed E-state index contributed by atoms with van der Waals surface area (Å²) in [5.41, 5.74) is 5.72. The lowest BCUT2D eigenvalue weighted by Crippen LogP contribution is -2.35. The van der Waals surface area contributed by atoms with E-state index in [0.29, 0.717) is 11.1 Å². The van der Waals surface area contributed by atoms with Crippen molar-refractivity contribution >= 4 is 40.4 Å². The molecule has 238 valence electrons. The minimum absolute atomic E-state index is 0.245. The topological polar surface area (TPSA) is 9.23 Å². The predicted molar refractivity (Wildman–Crippen MR) is 196 cm³/mol. The van der Waals surface area contributed by atoms with Crippen LogP contribution in [0.4, 0.5) is 8.78 Å². The Morgan fingerprint density at radius 1 is 0.667 bits per heavy atom. The van der Waals surface area contributed by atoms with E-state index >= 15 is 4.39 Å². The standard InChI is InChI=1S/C43H34F2OS2/c1-4-42(5-2)38-26-30(45)16-22-35(38)39-34-21-15-29(44)25-37(34)41-36(40(39)42)23-24-43(46-41,27-11-17-31(47-3)18-12-27)28-13-19-33(20-14-28)48-32-9-7-6-8-10-32/h6-26H,4-5H2,1-3H3. The van der Waals surface area contributed by atoms with E-state index in [-0.39, 0.29) is 11.6 Å². The molecule has 6 aromatic rings. The van der Waals surface area contributed by atoms with Crippen molar-refractivity contribution in [2.45, 2.75) is 52.4 Å². The van der Waals surface area contributed by atoms with Crippen LogP contribution in [0.2, 0.25) is 0 Å². The third-order valence-electron chi connectivity index (χ3n) is 10.2. The van der Waals surface area contributed by atoms with E-state index in [1.165, 1.54) is 17.0 Å². The Kier molecular flexibility index (Phi) is 7.73. The summed E-state index contributed by atoms with van der Waals surface area (Å²) in [6.45, 7) is 4.35. The maximum Gasteiger partial charge on any atom is 0.178 e. The summed E-state index contributed by atoms with van der Waals surface area (Å²) >= 11 is 3.41. The minimum Gasteiger partial charge on any atom is -0.472 e. The average molecular weight is 669 g/mol. The SMILES string of the molecule is CCC1(CC)c2cc(F)ccc2-c2c1c1c(c3cc(F)ccc23)OC(c2ccc(SC)cc2)(c2ccc(Sc3ccccc3)cc2)C=C1. The zero-order chi connectivity index (χ0) is 33.0. The lowest BCUT2D eigenvalue weighted by molar-refractivity contribution is 0.163. The van der Waals surface area contributed by atoms with Crippen LogP contribution >= 0.6 is 23.5 Å². The Morgan fingerprint density at radius 2 is 1.29 bits per heavy atom. The lowest BCUT2D eigenvalue weighted by Gasteiger charge is -2.39. The first-order chi connectivity index (χ1) is 23.4. The van der Waals surface area contributed by atoms with Gasteiger partial charge in [0.25, 0.3) is 0 Å². The number of fused-ring (bicyclic) bond motifs is 8. The summed E-state index contributed by atoms with van der Waals surface area (Å²) < 4.78 is 37.5. The molecule has 0 radical (unpaired) electrons. The van der Waals surface area contributed by atoms with Crippen LogP contribution in [-0.2, 0) is 11.0 Å². The Labute approximate surface area is 289 Å². The quantitative estimate of drug-likeness (QED) is 0.157. The van der Waals surface area contributed by atoms with Gasteiger partial charge in [0, 0.05) is 42.2 Å². The van der Waals surface area contributed by atoms with Gasteiger partial charge in [0.05, 0.1) is 0 Å². The first kappa shape index (κ1) is 31.0. The van der Waals surface area contributed by atoms with Crippen molar-refractivity contribution in [3.05, 3.63) is 161 Å². The molecule has 0 saturated carbocycles. The van der Waals surface area contributed by atoms with Crippen LogP contribution in [0.15, 0.2) is 136 Å². The van der Waals surface area contributed by atoms with Gasteiger partial charge in [-0.3, -0.25) is 0 Å². The second-order valence-corrected chi connectivity index (χ2v) is 14.5. The number of ether oxygens (including phenoxy) is 1. The van der Waals surface area contributed by atoms with Crippen molar-refractivity contribution in [1.82, 2.24) is 0 Å². The molecule has 0 spiro atoms. The van der Waals surface area contributed by atoms with Crippen molar-refractivity contribution in [1.29, 1.82) is 0 Å². The van der Waals surface area contributed by atoms with Crippen molar-refractivity contribution in [3.63, 3.8) is 0 Å². The van der Waals surface area contributed by atoms with E-state index in [9.17, 15) is 4.39 Å². The summed E-state index contributed by atoms with van der Waals surface area (Å²) in [4.78, 5) is 3.47. The summed E-state index contributed by atoms with van der Waals surface area (Å²) in [7, 11) is 0. The molecule has 1 aliphatic heterocycles. The molecule has 0 amide bonds. The highest BCUT2D eigenvalue weighted by Gasteiger charge is 2.47. The predicted octanol–water partition coefficient (Wildman–Crippen LogP) is 12.4. The highest BCUT2D eigenvalue weighted by molar-refractivity contribution is 7.99. The monoisotopic (exact) mass is 668 g/mol. The third kappa shape index (κ3) is 4.74. The third-order valence-corrected chi connectivity index (χ3v) is 12.0. The van der Waals surface area contributed by atoms with Gasteiger partial charge >= 0.3 is 0 Å². The van der Waals surface area contributed by atoms with Crippen molar-refractivity contribution in [2.24, 2.45) is 0 Å². The van der Waals surface area contributed by atoms with Crippen molar-refractivity contribution in [3.8, 4) is 16.9 Å². The van der Waals surface area contributed by atoms with Gasteiger partial charge in [-0.1, -0.05) is 86.3 Å². The van der Waals surface area contributed by atoms with Crippen molar-refractivity contribution in [2.75, 3.05) is 6.26 Å². The maximum absolute atomic E-state index is 15.2. The second kappa shape index (κ2) is 12.0. The molecule has 6 aromatic carbocycles. The number of hydrogen-bond acceptors (Lipinski definition) is 3. The van der Waals surface area contributed by atoms with E-state index in [2.05, 4.69) is 92.9 Å². The van der Waals surface area contributed by atoms with Crippen LogP contribution in [0.3, 0.4) is 0 Å². The van der Waals surface area contributed by atoms with Gasteiger partial charge in [0.1, 0.15) is 17.4 Å². The molecule has 8 rings (SSSR count). The van der Waals surface area contributed by atoms with Gasteiger partial charge in [0.15, 0.2) is 5.60 Å². The Hall–Kier alpha value is -4.32. The highest BCUT2D eigenvalue weighted by Crippen LogP contribution is 2.60. The van der Waals surface area contributed by atoms with Crippen molar-refractivity contribution < 1.29 is 13.5 Å². The highest BCUT2D eigenvalue weighted by atomic mass is 32.2. The molecule has 48 heavy (non-hydrogen) atoms. The van der Waals surface area contributed by atoms with Gasteiger partial charge in [-0.05, 0) is 113 Å². The Balaban J connectivity index is 1.37. The molecule has 1 nitrogen and oxygen atoms in total. The zero-order valence-electron chi connectivity index (χ0n) is 27.0. The molecule has 1 heterocycles. The number of halogens is 2. The summed E-state index contributed by atoms with van der Waals surface area (Å²) in [5, 5.41) is 1.63. The molecular formula is C43H34F2OS2. The lowest BCUT2D eigenvalue weighted by atomic mass is 9.71. The molecular weight excluding hydrogens is 635 g/mol. The fraction of sp³-hybridized carbons (Fsp3) is 0.163. The molecule has 1 unspecified atom stereocenters. The fourth-order valence-corrected chi connectivity index (χ4v) is 9.10. The molecule has 0 fully saturated rings. The van der Waals surface area contributed by atoms with Gasteiger partial charge in [-0.15, -0.1) is 11.8 Å². The van der Waals surface area contributed by atoms with E-state index in [1.54, 1.807) is 35.7 Å². The molecule has 0 bridgehead atoms. The first-order valence-electron chi connectivity index (χ1n) is 16.4. The summed E-state index contributed by atoms with van der Waals surface area (Å²) in [6.07, 6.45) is 8.00. The van der Waals surface area contributed by atoms with Crippen LogP contribution < -0.4 is 4.74 Å². The number of benzene rings is 6. The largest absolute Gasteiger partial charge is 0.472 e. The van der Waals surface area contributed by atoms with E-state index < -0.39 is 11.0 Å². The van der Waals surface area contributed by atoms with Gasteiger partial charge < -0.3 is 4.74 Å². The second-order valence-electron chi connectivity index (χ2n) is 12.5. The number of thioether (sulfide) groups is 1. The molecule has 2 aliphatic rings. The van der Waals surface area contributed by atoms with E-state index in [4.69, 9.17) is 4.74 Å². The average Bonchev–Trinajstić information content (AvgIpc) is 3.42. The summed E-state index contributed by atoms with van der Waals surface area (Å²) in [6, 6.07) is 37.5. The van der Waals surface area contributed by atoms with E-state index in [1.807, 2.05) is 30.3 Å². The molecule has 1 atom stereocenters.